The molecule has 6 N–H and O–H groups in total. The summed E-state index contributed by atoms with van der Waals surface area (Å²) < 4.78 is 7.18. The number of aromatic nitrogens is 4. The molecule has 0 saturated carbocycles. The molecule has 3 heterocycles. The topological polar surface area (TPSA) is 152 Å². The van der Waals surface area contributed by atoms with Gasteiger partial charge < -0.3 is 25.5 Å². The van der Waals surface area contributed by atoms with Crippen LogP contribution in [0.25, 0.3) is 11.0 Å². The molecule has 0 bridgehead atoms. The highest BCUT2D eigenvalue weighted by Gasteiger charge is 2.48. The Morgan fingerprint density at radius 1 is 1.21 bits per heavy atom. The van der Waals surface area contributed by atoms with Gasteiger partial charge in [-0.25, -0.2) is 20.5 Å². The number of aliphatic hydroxyl groups excluding tert-OH is 3. The Kier molecular flexibility index (Phi) is 4.91. The van der Waals surface area contributed by atoms with Crippen LogP contribution in [0.3, 0.4) is 0 Å². The smallest absolute Gasteiger partial charge is 0.181 e. The zero-order valence-corrected chi connectivity index (χ0v) is 15.5. The van der Waals surface area contributed by atoms with Gasteiger partial charge in [0.05, 0.1) is 11.1 Å². The van der Waals surface area contributed by atoms with Gasteiger partial charge in [0, 0.05) is 5.02 Å². The van der Waals surface area contributed by atoms with E-state index in [1.54, 1.807) is 31.2 Å². The predicted octanol–water partition coefficient (Wildman–Crippen LogP) is 0.427. The SMILES string of the molecule is Cc1nn([C@@H]2O[C@H]([C@H](O)c3ccc(Cl)cc3)[C@@H](O)[C@H]2O)c2ncnc(NN)c12. The van der Waals surface area contributed by atoms with Crippen molar-refractivity contribution in [2.45, 2.75) is 37.6 Å². The summed E-state index contributed by atoms with van der Waals surface area (Å²) in [6.45, 7) is 1.74. The molecule has 1 saturated heterocycles. The third-order valence-corrected chi connectivity index (χ3v) is 5.09. The fraction of sp³-hybridized carbons (Fsp3) is 0.353. The summed E-state index contributed by atoms with van der Waals surface area (Å²) in [5.41, 5.74) is 3.92. The highest BCUT2D eigenvalue weighted by molar-refractivity contribution is 6.30. The minimum absolute atomic E-state index is 0.373. The van der Waals surface area contributed by atoms with Gasteiger partial charge in [-0.05, 0) is 24.6 Å². The second-order valence-electron chi connectivity index (χ2n) is 6.56. The number of nitrogen functional groups attached to an aromatic ring is 1. The van der Waals surface area contributed by atoms with E-state index in [9.17, 15) is 15.3 Å². The average Bonchev–Trinajstić information content (AvgIpc) is 3.19. The van der Waals surface area contributed by atoms with Crippen molar-refractivity contribution in [1.82, 2.24) is 19.7 Å². The number of nitrogens with two attached hydrogens (primary N) is 1. The standard InChI is InChI=1S/C17H19ClN6O4/c1-7-10-15(22-19)20-6-21-16(10)24(23-7)17-13(27)12(26)14(28-17)11(25)8-2-4-9(18)5-3-8/h2-6,11-14,17,25-27H,19H2,1H3,(H,20,21,22)/t11-,12+,13-,14-,17-/m1/s1. The van der Waals surface area contributed by atoms with E-state index in [2.05, 4.69) is 20.5 Å². The maximum Gasteiger partial charge on any atom is 0.181 e. The van der Waals surface area contributed by atoms with E-state index < -0.39 is 30.6 Å². The molecule has 1 fully saturated rings. The highest BCUT2D eigenvalue weighted by atomic mass is 35.5. The Balaban J connectivity index is 1.69. The van der Waals surface area contributed by atoms with E-state index >= 15 is 0 Å². The molecular weight excluding hydrogens is 388 g/mol. The molecule has 3 aromatic rings. The summed E-state index contributed by atoms with van der Waals surface area (Å²) in [6, 6.07) is 6.50. The summed E-state index contributed by atoms with van der Waals surface area (Å²) in [4.78, 5) is 8.24. The highest BCUT2D eigenvalue weighted by Crippen LogP contribution is 2.38. The van der Waals surface area contributed by atoms with Crippen LogP contribution in [0.15, 0.2) is 30.6 Å². The normalized spacial score (nSPS) is 25.9. The van der Waals surface area contributed by atoms with Crippen LogP contribution in [0.2, 0.25) is 5.02 Å². The van der Waals surface area contributed by atoms with Gasteiger partial charge in [0.25, 0.3) is 0 Å². The van der Waals surface area contributed by atoms with E-state index in [0.717, 1.165) is 0 Å². The third-order valence-electron chi connectivity index (χ3n) is 4.84. The van der Waals surface area contributed by atoms with Gasteiger partial charge in [-0.3, -0.25) is 0 Å². The van der Waals surface area contributed by atoms with Crippen LogP contribution < -0.4 is 11.3 Å². The lowest BCUT2D eigenvalue weighted by Gasteiger charge is -2.21. The minimum Gasteiger partial charge on any atom is -0.387 e. The van der Waals surface area contributed by atoms with E-state index in [1.165, 1.54) is 11.0 Å². The van der Waals surface area contributed by atoms with E-state index in [4.69, 9.17) is 22.2 Å². The van der Waals surface area contributed by atoms with Crippen LogP contribution in [0.1, 0.15) is 23.6 Å². The summed E-state index contributed by atoms with van der Waals surface area (Å²) in [6.07, 6.45) is -4.69. The average molecular weight is 407 g/mol. The molecule has 11 heteroatoms. The Morgan fingerprint density at radius 3 is 2.61 bits per heavy atom. The van der Waals surface area contributed by atoms with Gasteiger partial charge >= 0.3 is 0 Å². The van der Waals surface area contributed by atoms with Crippen molar-refractivity contribution in [3.05, 3.63) is 46.9 Å². The third kappa shape index (κ3) is 3.00. The molecule has 10 nitrogen and oxygen atoms in total. The van der Waals surface area contributed by atoms with Crippen molar-refractivity contribution < 1.29 is 20.1 Å². The van der Waals surface area contributed by atoms with Crippen molar-refractivity contribution in [1.29, 1.82) is 0 Å². The number of hydrazine groups is 1. The maximum atomic E-state index is 10.6. The lowest BCUT2D eigenvalue weighted by molar-refractivity contribution is -0.0884. The van der Waals surface area contributed by atoms with Gasteiger partial charge in [-0.2, -0.15) is 5.10 Å². The molecule has 1 aromatic carbocycles. The first-order valence-corrected chi connectivity index (χ1v) is 8.91. The second-order valence-corrected chi connectivity index (χ2v) is 7.00. The number of benzene rings is 1. The van der Waals surface area contributed by atoms with Crippen molar-refractivity contribution in [3.63, 3.8) is 0 Å². The van der Waals surface area contributed by atoms with Crippen LogP contribution >= 0.6 is 11.6 Å². The number of halogens is 1. The number of aliphatic hydroxyl groups is 3. The number of anilines is 1. The lowest BCUT2D eigenvalue weighted by atomic mass is 9.99. The number of rotatable bonds is 4. The number of fused-ring (bicyclic) bond motifs is 1. The van der Waals surface area contributed by atoms with Crippen LogP contribution in [0, 0.1) is 6.92 Å². The Hall–Kier alpha value is -2.34. The molecule has 5 atom stereocenters. The number of ether oxygens (including phenoxy) is 1. The maximum absolute atomic E-state index is 10.6. The summed E-state index contributed by atoms with van der Waals surface area (Å²) in [7, 11) is 0. The molecule has 0 radical (unpaired) electrons. The number of nitrogens with zero attached hydrogens (tertiary/aromatic N) is 4. The molecule has 2 aromatic heterocycles. The van der Waals surface area contributed by atoms with Crippen molar-refractivity contribution in [3.8, 4) is 0 Å². The van der Waals surface area contributed by atoms with Gasteiger partial charge in [0.1, 0.15) is 30.7 Å². The van der Waals surface area contributed by atoms with Gasteiger partial charge in [-0.15, -0.1) is 0 Å². The Labute approximate surface area is 164 Å². The summed E-state index contributed by atoms with van der Waals surface area (Å²) in [5, 5.41) is 37.1. The molecule has 28 heavy (non-hydrogen) atoms. The van der Waals surface area contributed by atoms with Crippen LogP contribution in [0.5, 0.6) is 0 Å². The van der Waals surface area contributed by atoms with E-state index in [-0.39, 0.29) is 0 Å². The van der Waals surface area contributed by atoms with Crippen molar-refractivity contribution in [2.24, 2.45) is 5.84 Å². The first-order chi connectivity index (χ1) is 13.4. The molecule has 0 aliphatic carbocycles. The molecule has 0 unspecified atom stereocenters. The Bertz CT molecular complexity index is 997. The van der Waals surface area contributed by atoms with Crippen LogP contribution in [-0.4, -0.2) is 53.4 Å². The molecule has 0 amide bonds. The zero-order valence-electron chi connectivity index (χ0n) is 14.8. The number of hydrogen-bond acceptors (Lipinski definition) is 9. The van der Waals surface area contributed by atoms with Gasteiger partial charge in [0.15, 0.2) is 17.7 Å². The molecule has 1 aliphatic heterocycles. The first-order valence-electron chi connectivity index (χ1n) is 8.54. The van der Waals surface area contributed by atoms with Crippen molar-refractivity contribution >= 4 is 28.5 Å². The van der Waals surface area contributed by atoms with Gasteiger partial charge in [0.2, 0.25) is 0 Å². The van der Waals surface area contributed by atoms with Crippen LogP contribution in [0.4, 0.5) is 5.82 Å². The number of hydrogen-bond donors (Lipinski definition) is 5. The zero-order chi connectivity index (χ0) is 20.0. The summed E-state index contributed by atoms with van der Waals surface area (Å²) >= 11 is 5.87. The number of aryl methyl sites for hydroxylation is 1. The van der Waals surface area contributed by atoms with Gasteiger partial charge in [-0.1, -0.05) is 23.7 Å². The first kappa shape index (κ1) is 19.0. The monoisotopic (exact) mass is 406 g/mol. The minimum atomic E-state index is -1.34. The second kappa shape index (κ2) is 7.24. The fourth-order valence-electron chi connectivity index (χ4n) is 3.43. The molecule has 148 valence electrons. The van der Waals surface area contributed by atoms with E-state index in [0.29, 0.717) is 33.1 Å². The van der Waals surface area contributed by atoms with Crippen molar-refractivity contribution in [2.75, 3.05) is 5.43 Å². The molecular formula is C17H19ClN6O4. The molecule has 4 rings (SSSR count). The fourth-order valence-corrected chi connectivity index (χ4v) is 3.55. The van der Waals surface area contributed by atoms with Crippen LogP contribution in [-0.2, 0) is 4.74 Å². The predicted molar refractivity (Wildman–Crippen MR) is 100 cm³/mol. The van der Waals surface area contributed by atoms with E-state index in [1.807, 2.05) is 0 Å². The number of nitrogens with one attached hydrogen (secondary N) is 1. The Morgan fingerprint density at radius 2 is 1.93 bits per heavy atom. The summed E-state index contributed by atoms with van der Waals surface area (Å²) in [5.74, 6) is 5.87. The quantitative estimate of drug-likeness (QED) is 0.306. The largest absolute Gasteiger partial charge is 0.387 e. The lowest BCUT2D eigenvalue weighted by Crippen LogP contribution is -2.35. The molecule has 1 aliphatic rings. The molecule has 0 spiro atoms.